The van der Waals surface area contributed by atoms with Gasteiger partial charge in [-0.3, -0.25) is 0 Å². The molecule has 0 amide bonds. The molecule has 0 saturated heterocycles. The van der Waals surface area contributed by atoms with Crippen LogP contribution in [0.3, 0.4) is 0 Å². The van der Waals surface area contributed by atoms with Crippen molar-refractivity contribution in [3.63, 3.8) is 0 Å². The van der Waals surface area contributed by atoms with Gasteiger partial charge < -0.3 is 13.7 Å². The van der Waals surface area contributed by atoms with Crippen LogP contribution in [-0.4, -0.2) is 34.6 Å². The van der Waals surface area contributed by atoms with Crippen LogP contribution in [0.1, 0.15) is 64.4 Å². The van der Waals surface area contributed by atoms with Gasteiger partial charge in [0.05, 0.1) is 11.8 Å². The maximum atomic E-state index is 6.96. The van der Waals surface area contributed by atoms with Gasteiger partial charge in [-0.05, 0) is 113 Å². The molecule has 5 rings (SSSR count). The van der Waals surface area contributed by atoms with Gasteiger partial charge in [0.25, 0.3) is 0 Å². The summed E-state index contributed by atoms with van der Waals surface area (Å²) >= 11 is 0. The molecule has 7 atom stereocenters. The van der Waals surface area contributed by atoms with E-state index >= 15 is 0 Å². The van der Waals surface area contributed by atoms with Crippen molar-refractivity contribution in [1.82, 2.24) is 0 Å². The summed E-state index contributed by atoms with van der Waals surface area (Å²) < 4.78 is 13.6. The standard InChI is InChI=1S/C32H51NO3Si2/c1-31-18-16-25(35-37(3,4)5)20-24(31)14-15-26-27(31)17-19-32(2)28(26)21-29(30(32)36-38(6,7)8)33-34-22-23-12-10-9-11-13-23/h9-14,25-28,30H,15-22H2,1-8H3/b33-29+. The first-order valence-corrected chi connectivity index (χ1v) is 21.9. The molecule has 0 spiro atoms. The molecule has 3 fully saturated rings. The quantitative estimate of drug-likeness (QED) is 0.193. The highest BCUT2D eigenvalue weighted by molar-refractivity contribution is 6.70. The summed E-state index contributed by atoms with van der Waals surface area (Å²) in [6, 6.07) is 10.4. The third kappa shape index (κ3) is 5.66. The average Bonchev–Trinajstić information content (AvgIpc) is 3.09. The molecule has 7 unspecified atom stereocenters. The molecule has 6 heteroatoms. The number of fused-ring (bicyclic) bond motifs is 5. The fourth-order valence-electron chi connectivity index (χ4n) is 8.40. The highest BCUT2D eigenvalue weighted by Gasteiger charge is 2.61. The first-order chi connectivity index (χ1) is 17.8. The number of nitrogens with zero attached hydrogens (tertiary/aromatic N) is 1. The fourth-order valence-corrected chi connectivity index (χ4v) is 10.7. The Balaban J connectivity index is 1.38. The van der Waals surface area contributed by atoms with Crippen LogP contribution >= 0.6 is 0 Å². The van der Waals surface area contributed by atoms with Crippen LogP contribution in [0.2, 0.25) is 39.3 Å². The zero-order chi connectivity index (χ0) is 27.3. The molecule has 0 aromatic heterocycles. The van der Waals surface area contributed by atoms with Gasteiger partial charge in [-0.2, -0.15) is 0 Å². The molecular weight excluding hydrogens is 503 g/mol. The summed E-state index contributed by atoms with van der Waals surface area (Å²) in [6.07, 6.45) is 11.5. The molecule has 210 valence electrons. The highest BCUT2D eigenvalue weighted by atomic mass is 28.4. The minimum Gasteiger partial charge on any atom is -0.414 e. The lowest BCUT2D eigenvalue weighted by atomic mass is 9.48. The van der Waals surface area contributed by atoms with Crippen molar-refractivity contribution in [2.24, 2.45) is 33.7 Å². The summed E-state index contributed by atoms with van der Waals surface area (Å²) in [6.45, 7) is 19.6. The van der Waals surface area contributed by atoms with E-state index in [-0.39, 0.29) is 11.5 Å². The molecule has 0 aliphatic heterocycles. The summed E-state index contributed by atoms with van der Waals surface area (Å²) in [5.41, 5.74) is 4.47. The van der Waals surface area contributed by atoms with Crippen LogP contribution in [0.15, 0.2) is 47.1 Å². The van der Waals surface area contributed by atoms with E-state index < -0.39 is 16.6 Å². The van der Waals surface area contributed by atoms with Gasteiger partial charge in [0.2, 0.25) is 0 Å². The van der Waals surface area contributed by atoms with E-state index in [2.05, 4.69) is 83.5 Å². The van der Waals surface area contributed by atoms with Crippen molar-refractivity contribution in [3.8, 4) is 0 Å². The number of oxime groups is 1. The number of benzene rings is 1. The van der Waals surface area contributed by atoms with E-state index in [0.717, 1.165) is 30.0 Å². The first-order valence-electron chi connectivity index (χ1n) is 15.1. The van der Waals surface area contributed by atoms with E-state index in [0.29, 0.717) is 30.0 Å². The molecule has 4 aliphatic carbocycles. The van der Waals surface area contributed by atoms with Crippen molar-refractivity contribution in [2.75, 3.05) is 0 Å². The van der Waals surface area contributed by atoms with E-state index in [4.69, 9.17) is 18.8 Å². The maximum absolute atomic E-state index is 6.96. The van der Waals surface area contributed by atoms with E-state index in [9.17, 15) is 0 Å². The van der Waals surface area contributed by atoms with Crippen molar-refractivity contribution in [2.45, 2.75) is 117 Å². The lowest BCUT2D eigenvalue weighted by molar-refractivity contribution is -0.0627. The predicted octanol–water partition coefficient (Wildman–Crippen LogP) is 8.57. The summed E-state index contributed by atoms with van der Waals surface area (Å²) in [5, 5.41) is 4.82. The van der Waals surface area contributed by atoms with E-state index in [1.165, 1.54) is 32.1 Å². The molecule has 0 bridgehead atoms. The Labute approximate surface area is 233 Å². The van der Waals surface area contributed by atoms with Crippen molar-refractivity contribution < 1.29 is 13.7 Å². The highest BCUT2D eigenvalue weighted by Crippen LogP contribution is 2.65. The molecule has 4 aliphatic rings. The third-order valence-electron chi connectivity index (χ3n) is 10.1. The minimum absolute atomic E-state index is 0.0787. The number of hydrogen-bond acceptors (Lipinski definition) is 4. The zero-order valence-electron chi connectivity index (χ0n) is 25.2. The zero-order valence-corrected chi connectivity index (χ0v) is 27.2. The van der Waals surface area contributed by atoms with Gasteiger partial charge in [-0.1, -0.05) is 61.0 Å². The topological polar surface area (TPSA) is 40.0 Å². The number of hydrogen-bond donors (Lipinski definition) is 0. The third-order valence-corrected chi connectivity index (χ3v) is 12.1. The Morgan fingerprint density at radius 3 is 2.26 bits per heavy atom. The second-order valence-corrected chi connectivity index (χ2v) is 24.0. The molecule has 4 nitrogen and oxygen atoms in total. The van der Waals surface area contributed by atoms with Gasteiger partial charge >= 0.3 is 0 Å². The Hall–Kier alpha value is -1.22. The van der Waals surface area contributed by atoms with E-state index in [1.54, 1.807) is 5.57 Å². The molecule has 1 aromatic rings. The Bertz CT molecular complexity index is 1060. The van der Waals surface area contributed by atoms with Crippen LogP contribution < -0.4 is 0 Å². The number of allylic oxidation sites excluding steroid dienone is 1. The largest absolute Gasteiger partial charge is 0.414 e. The molecular formula is C32H51NO3Si2. The van der Waals surface area contributed by atoms with Crippen molar-refractivity contribution in [3.05, 3.63) is 47.5 Å². The van der Waals surface area contributed by atoms with Crippen LogP contribution in [0.5, 0.6) is 0 Å². The monoisotopic (exact) mass is 553 g/mol. The molecule has 0 radical (unpaired) electrons. The van der Waals surface area contributed by atoms with Crippen molar-refractivity contribution in [1.29, 1.82) is 0 Å². The SMILES string of the molecule is CC12CCC(O[Si](C)(C)C)CC1=CCC1C2CCC2(C)C(O[Si](C)(C)C)/C(=N/OCc3ccccc3)CC12. The smallest absolute Gasteiger partial charge is 0.184 e. The second kappa shape index (κ2) is 10.3. The van der Waals surface area contributed by atoms with E-state index in [1.807, 2.05) is 6.07 Å². The summed E-state index contributed by atoms with van der Waals surface area (Å²) in [4.78, 5) is 5.99. The van der Waals surface area contributed by atoms with Crippen LogP contribution in [0, 0.1) is 28.6 Å². The number of rotatable bonds is 7. The van der Waals surface area contributed by atoms with Crippen LogP contribution in [-0.2, 0) is 20.3 Å². The molecule has 38 heavy (non-hydrogen) atoms. The molecule has 0 N–H and O–H groups in total. The first kappa shape index (κ1) is 28.3. The summed E-state index contributed by atoms with van der Waals surface area (Å²) in [5.74, 6) is 2.06. The van der Waals surface area contributed by atoms with Crippen LogP contribution in [0.25, 0.3) is 0 Å². The maximum Gasteiger partial charge on any atom is 0.184 e. The predicted molar refractivity (Wildman–Crippen MR) is 162 cm³/mol. The minimum atomic E-state index is -1.76. The molecule has 1 aromatic carbocycles. The van der Waals surface area contributed by atoms with Gasteiger partial charge in [-0.15, -0.1) is 0 Å². The van der Waals surface area contributed by atoms with Gasteiger partial charge in [-0.25, -0.2) is 0 Å². The molecule has 0 heterocycles. The second-order valence-electron chi connectivity index (χ2n) is 15.1. The Kier molecular flexibility index (Phi) is 7.69. The lowest BCUT2D eigenvalue weighted by Crippen LogP contribution is -2.53. The van der Waals surface area contributed by atoms with Gasteiger partial charge in [0.1, 0.15) is 6.61 Å². The summed E-state index contributed by atoms with van der Waals surface area (Å²) in [7, 11) is -3.28. The lowest BCUT2D eigenvalue weighted by Gasteiger charge is -2.58. The average molecular weight is 554 g/mol. The van der Waals surface area contributed by atoms with Gasteiger partial charge in [0, 0.05) is 11.5 Å². The molecule has 3 saturated carbocycles. The fraction of sp³-hybridized carbons (Fsp3) is 0.719. The van der Waals surface area contributed by atoms with Crippen molar-refractivity contribution >= 4 is 22.3 Å². The normalized spacial score (nSPS) is 38.3. The Morgan fingerprint density at radius 1 is 0.868 bits per heavy atom. The van der Waals surface area contributed by atoms with Crippen LogP contribution in [0.4, 0.5) is 0 Å². The van der Waals surface area contributed by atoms with Gasteiger partial charge in [0.15, 0.2) is 16.6 Å². The Morgan fingerprint density at radius 2 is 1.58 bits per heavy atom.